The van der Waals surface area contributed by atoms with Crippen molar-refractivity contribution in [2.75, 3.05) is 13.7 Å². The lowest BCUT2D eigenvalue weighted by atomic mass is 10.2. The van der Waals surface area contributed by atoms with Crippen molar-refractivity contribution in [3.8, 4) is 0 Å². The van der Waals surface area contributed by atoms with Crippen LogP contribution in [0.3, 0.4) is 0 Å². The van der Waals surface area contributed by atoms with Gasteiger partial charge < -0.3 is 4.74 Å². The lowest BCUT2D eigenvalue weighted by molar-refractivity contribution is -0.141. The highest BCUT2D eigenvalue weighted by molar-refractivity contribution is 7.89. The summed E-state index contributed by atoms with van der Waals surface area (Å²) in [4.78, 5) is 11.1. The average Bonchev–Trinajstić information content (AvgIpc) is 2.78. The molecule has 100 valence electrons. The number of esters is 1. The third-order valence-corrected chi connectivity index (χ3v) is 4.33. The van der Waals surface area contributed by atoms with Gasteiger partial charge in [-0.2, -0.15) is 13.1 Å². The van der Waals surface area contributed by atoms with Crippen molar-refractivity contribution in [3.63, 3.8) is 0 Å². The Balaban J connectivity index is 2.89. The Morgan fingerprint density at radius 2 is 1.94 bits per heavy atom. The Morgan fingerprint density at radius 3 is 2.35 bits per heavy atom. The molecule has 0 aliphatic heterocycles. The normalized spacial score (nSPS) is 17.9. The van der Waals surface area contributed by atoms with Crippen molar-refractivity contribution in [2.24, 2.45) is 0 Å². The first-order valence-corrected chi connectivity index (χ1v) is 6.75. The van der Waals surface area contributed by atoms with Crippen molar-refractivity contribution in [2.45, 2.75) is 37.5 Å². The molecule has 1 aliphatic carbocycles. The highest BCUT2D eigenvalue weighted by Crippen LogP contribution is 2.27. The summed E-state index contributed by atoms with van der Waals surface area (Å²) in [5, 5.41) is 0. The maximum Gasteiger partial charge on any atom is 0.350 e. The van der Waals surface area contributed by atoms with Crippen molar-refractivity contribution >= 4 is 16.0 Å². The monoisotopic (exact) mass is 271 g/mol. The van der Waals surface area contributed by atoms with E-state index in [2.05, 4.69) is 4.74 Å². The molecular formula is C9H15F2NO4S. The van der Waals surface area contributed by atoms with Crippen LogP contribution in [0.1, 0.15) is 25.7 Å². The van der Waals surface area contributed by atoms with E-state index in [1.807, 2.05) is 0 Å². The number of nitrogens with zero attached hydrogens (tertiary/aromatic N) is 1. The van der Waals surface area contributed by atoms with Crippen LogP contribution in [0, 0.1) is 0 Å². The molecule has 0 unspecified atom stereocenters. The zero-order valence-corrected chi connectivity index (χ0v) is 10.3. The van der Waals surface area contributed by atoms with E-state index in [-0.39, 0.29) is 0 Å². The minimum atomic E-state index is -4.73. The van der Waals surface area contributed by atoms with Gasteiger partial charge in [-0.25, -0.2) is 8.42 Å². The molecule has 1 aliphatic rings. The molecule has 0 saturated heterocycles. The van der Waals surface area contributed by atoms with Crippen LogP contribution >= 0.6 is 0 Å². The number of carbonyl (C=O) groups is 1. The van der Waals surface area contributed by atoms with Crippen molar-refractivity contribution < 1.29 is 26.7 Å². The van der Waals surface area contributed by atoms with Gasteiger partial charge in [0.05, 0.1) is 7.11 Å². The molecule has 0 aromatic heterocycles. The fourth-order valence-corrected chi connectivity index (χ4v) is 3.03. The Morgan fingerprint density at radius 1 is 1.41 bits per heavy atom. The predicted molar refractivity (Wildman–Crippen MR) is 55.9 cm³/mol. The Bertz CT molecular complexity index is 365. The van der Waals surface area contributed by atoms with Gasteiger partial charge in [0, 0.05) is 6.04 Å². The van der Waals surface area contributed by atoms with Gasteiger partial charge in [-0.15, -0.1) is 0 Å². The summed E-state index contributed by atoms with van der Waals surface area (Å²) in [5.74, 6) is -4.34. The summed E-state index contributed by atoms with van der Waals surface area (Å²) in [6.07, 6.45) is 2.56. The molecule has 1 saturated carbocycles. The first kappa shape index (κ1) is 14.3. The topological polar surface area (TPSA) is 63.7 Å². The average molecular weight is 271 g/mol. The molecule has 1 fully saturated rings. The molecule has 0 aromatic rings. The molecule has 0 bridgehead atoms. The van der Waals surface area contributed by atoms with Gasteiger partial charge >= 0.3 is 11.7 Å². The van der Waals surface area contributed by atoms with Crippen LogP contribution in [0.15, 0.2) is 0 Å². The molecule has 5 nitrogen and oxygen atoms in total. The second-order valence-corrected chi connectivity index (χ2v) is 5.72. The smallest absolute Gasteiger partial charge is 0.350 e. The van der Waals surface area contributed by atoms with E-state index in [1.165, 1.54) is 0 Å². The van der Waals surface area contributed by atoms with Crippen LogP contribution in [-0.2, 0) is 19.6 Å². The Kier molecular flexibility index (Phi) is 4.81. The number of rotatable bonds is 5. The molecule has 0 N–H and O–H groups in total. The van der Waals surface area contributed by atoms with E-state index >= 15 is 0 Å². The third kappa shape index (κ3) is 3.35. The van der Waals surface area contributed by atoms with Crippen LogP contribution in [0.5, 0.6) is 0 Å². The molecule has 0 atom stereocenters. The zero-order valence-electron chi connectivity index (χ0n) is 9.43. The van der Waals surface area contributed by atoms with Crippen molar-refractivity contribution in [1.82, 2.24) is 4.31 Å². The highest BCUT2D eigenvalue weighted by Gasteiger charge is 2.39. The third-order valence-electron chi connectivity index (χ3n) is 2.80. The van der Waals surface area contributed by atoms with E-state index in [0.717, 1.165) is 20.0 Å². The lowest BCUT2D eigenvalue weighted by Crippen LogP contribution is -2.45. The molecule has 0 aromatic carbocycles. The Labute approximate surface area is 98.8 Å². The van der Waals surface area contributed by atoms with Crippen LogP contribution in [-0.4, -0.2) is 44.1 Å². The van der Waals surface area contributed by atoms with E-state index in [4.69, 9.17) is 0 Å². The van der Waals surface area contributed by atoms with E-state index in [9.17, 15) is 22.0 Å². The highest BCUT2D eigenvalue weighted by atomic mass is 32.2. The zero-order chi connectivity index (χ0) is 13.1. The quantitative estimate of drug-likeness (QED) is 0.699. The van der Waals surface area contributed by atoms with Crippen LogP contribution in [0.4, 0.5) is 8.78 Å². The van der Waals surface area contributed by atoms with Crippen LogP contribution in [0.2, 0.25) is 0 Å². The molecule has 17 heavy (non-hydrogen) atoms. The molecular weight excluding hydrogens is 256 g/mol. The fraction of sp³-hybridized carbons (Fsp3) is 0.889. The van der Waals surface area contributed by atoms with Crippen molar-refractivity contribution in [1.29, 1.82) is 0 Å². The van der Waals surface area contributed by atoms with E-state index < -0.39 is 34.3 Å². The maximum atomic E-state index is 12.5. The van der Waals surface area contributed by atoms with E-state index in [0.29, 0.717) is 17.1 Å². The van der Waals surface area contributed by atoms with Gasteiger partial charge in [0.1, 0.15) is 6.54 Å². The lowest BCUT2D eigenvalue weighted by Gasteiger charge is -2.26. The molecule has 1 rings (SSSR count). The second-order valence-electron chi connectivity index (χ2n) is 3.87. The minimum Gasteiger partial charge on any atom is -0.468 e. The maximum absolute atomic E-state index is 12.5. The Hall–Kier alpha value is -0.760. The van der Waals surface area contributed by atoms with Gasteiger partial charge in [-0.05, 0) is 12.8 Å². The van der Waals surface area contributed by atoms with Gasteiger partial charge in [-0.3, -0.25) is 4.79 Å². The first-order valence-electron chi connectivity index (χ1n) is 5.25. The predicted octanol–water partition coefficient (Wildman–Crippen LogP) is 0.956. The van der Waals surface area contributed by atoms with Crippen LogP contribution in [0.25, 0.3) is 0 Å². The molecule has 8 heteroatoms. The molecule has 0 amide bonds. The SMILES string of the molecule is COC(=O)CN(C1CCCC1)S(=O)(=O)C(F)F. The van der Waals surface area contributed by atoms with Gasteiger partial charge in [-0.1, -0.05) is 12.8 Å². The summed E-state index contributed by atoms with van der Waals surface area (Å²) in [6.45, 7) is -0.645. The van der Waals surface area contributed by atoms with E-state index in [1.54, 1.807) is 0 Å². The number of hydrogen-bond acceptors (Lipinski definition) is 4. The first-order chi connectivity index (χ1) is 7.89. The molecule has 0 radical (unpaired) electrons. The number of carbonyl (C=O) groups excluding carboxylic acids is 1. The van der Waals surface area contributed by atoms with Crippen molar-refractivity contribution in [3.05, 3.63) is 0 Å². The van der Waals surface area contributed by atoms with Gasteiger partial charge in [0.25, 0.3) is 10.0 Å². The van der Waals surface area contributed by atoms with Crippen LogP contribution < -0.4 is 0 Å². The number of ether oxygens (including phenoxy) is 1. The summed E-state index contributed by atoms with van der Waals surface area (Å²) >= 11 is 0. The summed E-state index contributed by atoms with van der Waals surface area (Å²) in [6, 6.07) is -0.520. The summed E-state index contributed by atoms with van der Waals surface area (Å²) in [7, 11) is -3.64. The largest absolute Gasteiger partial charge is 0.468 e. The summed E-state index contributed by atoms with van der Waals surface area (Å²) in [5.41, 5.74) is 0. The number of methoxy groups -OCH3 is 1. The fourth-order valence-electron chi connectivity index (χ4n) is 1.91. The molecule has 0 spiro atoms. The number of halogens is 2. The summed E-state index contributed by atoms with van der Waals surface area (Å²) < 4.78 is 52.8. The number of alkyl halides is 2. The second kappa shape index (κ2) is 5.72. The minimum absolute atomic E-state index is 0.503. The number of hydrogen-bond donors (Lipinski definition) is 0. The number of sulfonamides is 1. The molecule has 0 heterocycles. The van der Waals surface area contributed by atoms with Gasteiger partial charge in [0.2, 0.25) is 0 Å². The van der Waals surface area contributed by atoms with Gasteiger partial charge in [0.15, 0.2) is 0 Å². The standard InChI is InChI=1S/C9H15F2NO4S/c1-16-8(13)6-12(7-4-2-3-5-7)17(14,15)9(10)11/h7,9H,2-6H2,1H3.